The third-order valence-electron chi connectivity index (χ3n) is 4.33. The van der Waals surface area contributed by atoms with Crippen LogP contribution in [0.1, 0.15) is 38.3 Å². The van der Waals surface area contributed by atoms with Gasteiger partial charge in [0.15, 0.2) is 5.96 Å². The molecule has 1 aliphatic rings. The standard InChI is InChI=1S/C19H29FN4O.HI/c1-5-21-19(22-11-15-7-6-14(4)17(20)10-15)23-16-8-9-24(12-16)18(25)13(2)3;/h6-7,10,13,16H,5,8-9,11-12H2,1-4H3,(H2,21,22,23);1H. The molecule has 0 aliphatic carbocycles. The summed E-state index contributed by atoms with van der Waals surface area (Å²) in [7, 11) is 0. The van der Waals surface area contributed by atoms with Gasteiger partial charge < -0.3 is 15.5 Å². The Hall–Kier alpha value is -1.38. The average molecular weight is 476 g/mol. The number of hydrogen-bond acceptors (Lipinski definition) is 2. The van der Waals surface area contributed by atoms with Gasteiger partial charge in [-0.05, 0) is 37.5 Å². The van der Waals surface area contributed by atoms with Crippen LogP contribution in [0.2, 0.25) is 0 Å². The molecule has 2 N–H and O–H groups in total. The van der Waals surface area contributed by atoms with Crippen molar-refractivity contribution in [3.8, 4) is 0 Å². The molecule has 0 saturated carbocycles. The van der Waals surface area contributed by atoms with Crippen molar-refractivity contribution >= 4 is 35.8 Å². The zero-order valence-electron chi connectivity index (χ0n) is 16.0. The molecule has 7 heteroatoms. The number of guanidine groups is 1. The van der Waals surface area contributed by atoms with E-state index in [4.69, 9.17) is 0 Å². The molecule has 1 saturated heterocycles. The molecule has 1 atom stereocenters. The first-order valence-corrected chi connectivity index (χ1v) is 8.99. The normalized spacial score (nSPS) is 17.2. The van der Waals surface area contributed by atoms with Crippen LogP contribution in [0.15, 0.2) is 23.2 Å². The number of nitrogens with zero attached hydrogens (tertiary/aromatic N) is 2. The second-order valence-electron chi connectivity index (χ2n) is 6.85. The molecule has 1 amide bonds. The number of carbonyl (C=O) groups excluding carboxylic acids is 1. The van der Waals surface area contributed by atoms with Crippen molar-refractivity contribution in [3.05, 3.63) is 35.1 Å². The number of rotatable bonds is 5. The number of aliphatic imine (C=N–C) groups is 1. The number of amides is 1. The quantitative estimate of drug-likeness (QED) is 0.390. The molecule has 0 bridgehead atoms. The van der Waals surface area contributed by atoms with Crippen LogP contribution in [0.3, 0.4) is 0 Å². The van der Waals surface area contributed by atoms with Crippen molar-refractivity contribution in [2.45, 2.75) is 46.7 Å². The molecule has 0 radical (unpaired) electrons. The molecular formula is C19H30FIN4O. The lowest BCUT2D eigenvalue weighted by atomic mass is 10.1. The predicted octanol–water partition coefficient (Wildman–Crippen LogP) is 3.06. The van der Waals surface area contributed by atoms with Crippen LogP contribution in [0.5, 0.6) is 0 Å². The van der Waals surface area contributed by atoms with E-state index < -0.39 is 0 Å². The summed E-state index contributed by atoms with van der Waals surface area (Å²) in [5.74, 6) is 0.718. The Morgan fingerprint density at radius 3 is 2.77 bits per heavy atom. The van der Waals surface area contributed by atoms with E-state index in [0.29, 0.717) is 24.6 Å². The molecule has 0 aromatic heterocycles. The van der Waals surface area contributed by atoms with Crippen molar-refractivity contribution in [1.29, 1.82) is 0 Å². The zero-order chi connectivity index (χ0) is 18.4. The van der Waals surface area contributed by atoms with Gasteiger partial charge in [-0.25, -0.2) is 9.38 Å². The Kier molecular flexibility index (Phi) is 9.32. The van der Waals surface area contributed by atoms with Gasteiger partial charge in [-0.1, -0.05) is 26.0 Å². The summed E-state index contributed by atoms with van der Waals surface area (Å²) < 4.78 is 13.6. The molecule has 0 spiro atoms. The summed E-state index contributed by atoms with van der Waals surface area (Å²) in [6.45, 7) is 10.2. The van der Waals surface area contributed by atoms with Crippen molar-refractivity contribution < 1.29 is 9.18 Å². The first kappa shape index (κ1) is 22.7. The molecule has 1 aromatic carbocycles. The lowest BCUT2D eigenvalue weighted by molar-refractivity contribution is -0.133. The Balaban J connectivity index is 0.00000338. The van der Waals surface area contributed by atoms with Crippen LogP contribution < -0.4 is 10.6 Å². The Labute approximate surface area is 172 Å². The van der Waals surface area contributed by atoms with Gasteiger partial charge in [0.1, 0.15) is 5.82 Å². The van der Waals surface area contributed by atoms with E-state index in [-0.39, 0.29) is 47.7 Å². The van der Waals surface area contributed by atoms with Gasteiger partial charge in [-0.2, -0.15) is 0 Å². The highest BCUT2D eigenvalue weighted by Gasteiger charge is 2.27. The zero-order valence-corrected chi connectivity index (χ0v) is 18.3. The largest absolute Gasteiger partial charge is 0.357 e. The summed E-state index contributed by atoms with van der Waals surface area (Å²) in [5.41, 5.74) is 1.47. The van der Waals surface area contributed by atoms with E-state index in [9.17, 15) is 9.18 Å². The molecule has 5 nitrogen and oxygen atoms in total. The maximum absolute atomic E-state index is 13.6. The van der Waals surface area contributed by atoms with E-state index in [1.165, 1.54) is 6.07 Å². The van der Waals surface area contributed by atoms with Crippen LogP contribution in [-0.2, 0) is 11.3 Å². The molecule has 2 rings (SSSR count). The highest BCUT2D eigenvalue weighted by molar-refractivity contribution is 14.0. The highest BCUT2D eigenvalue weighted by Crippen LogP contribution is 2.13. The fraction of sp³-hybridized carbons (Fsp3) is 0.579. The van der Waals surface area contributed by atoms with E-state index in [2.05, 4.69) is 15.6 Å². The Bertz CT molecular complexity index is 636. The van der Waals surface area contributed by atoms with Crippen molar-refractivity contribution in [3.63, 3.8) is 0 Å². The summed E-state index contributed by atoms with van der Waals surface area (Å²) in [5, 5.41) is 6.60. The monoisotopic (exact) mass is 476 g/mol. The van der Waals surface area contributed by atoms with Gasteiger partial charge in [0, 0.05) is 31.6 Å². The third-order valence-corrected chi connectivity index (χ3v) is 4.33. The highest BCUT2D eigenvalue weighted by atomic mass is 127. The van der Waals surface area contributed by atoms with Gasteiger partial charge in [0.05, 0.1) is 6.54 Å². The van der Waals surface area contributed by atoms with Gasteiger partial charge in [0.2, 0.25) is 5.91 Å². The number of hydrogen-bond donors (Lipinski definition) is 2. The van der Waals surface area contributed by atoms with Crippen LogP contribution in [0.25, 0.3) is 0 Å². The first-order chi connectivity index (χ1) is 11.9. The van der Waals surface area contributed by atoms with Crippen LogP contribution >= 0.6 is 24.0 Å². The minimum atomic E-state index is -0.204. The van der Waals surface area contributed by atoms with Gasteiger partial charge in [-0.15, -0.1) is 24.0 Å². The molecule has 1 heterocycles. The summed E-state index contributed by atoms with van der Waals surface area (Å²) in [4.78, 5) is 18.5. The number of likely N-dealkylation sites (tertiary alicyclic amines) is 1. The van der Waals surface area contributed by atoms with Crippen LogP contribution in [-0.4, -0.2) is 42.4 Å². The average Bonchev–Trinajstić information content (AvgIpc) is 3.03. The van der Waals surface area contributed by atoms with Crippen molar-refractivity contribution in [2.75, 3.05) is 19.6 Å². The molecular weight excluding hydrogens is 446 g/mol. The Morgan fingerprint density at radius 1 is 1.42 bits per heavy atom. The van der Waals surface area contributed by atoms with Crippen LogP contribution in [0.4, 0.5) is 4.39 Å². The second kappa shape index (κ2) is 10.7. The van der Waals surface area contributed by atoms with Crippen molar-refractivity contribution in [2.24, 2.45) is 10.9 Å². The minimum Gasteiger partial charge on any atom is -0.357 e. The maximum atomic E-state index is 13.6. The minimum absolute atomic E-state index is 0. The lowest BCUT2D eigenvalue weighted by Crippen LogP contribution is -2.45. The maximum Gasteiger partial charge on any atom is 0.225 e. The SMILES string of the molecule is CCNC(=NCc1ccc(C)c(F)c1)NC1CCN(C(=O)C(C)C)C1.I. The molecule has 26 heavy (non-hydrogen) atoms. The predicted molar refractivity (Wildman–Crippen MR) is 114 cm³/mol. The number of nitrogens with one attached hydrogen (secondary N) is 2. The van der Waals surface area contributed by atoms with Crippen LogP contribution in [0, 0.1) is 18.7 Å². The van der Waals surface area contributed by atoms with E-state index in [0.717, 1.165) is 25.1 Å². The summed E-state index contributed by atoms with van der Waals surface area (Å²) in [6, 6.07) is 5.38. The van der Waals surface area contributed by atoms with Gasteiger partial charge >= 0.3 is 0 Å². The first-order valence-electron chi connectivity index (χ1n) is 8.99. The number of aryl methyl sites for hydroxylation is 1. The topological polar surface area (TPSA) is 56.7 Å². The van der Waals surface area contributed by atoms with Gasteiger partial charge in [0.25, 0.3) is 0 Å². The molecule has 1 aromatic rings. The number of benzene rings is 1. The Morgan fingerprint density at radius 2 is 2.15 bits per heavy atom. The fourth-order valence-electron chi connectivity index (χ4n) is 2.86. The third kappa shape index (κ3) is 6.41. The number of carbonyl (C=O) groups is 1. The molecule has 146 valence electrons. The van der Waals surface area contributed by atoms with E-state index in [1.54, 1.807) is 13.0 Å². The van der Waals surface area contributed by atoms with E-state index in [1.807, 2.05) is 31.7 Å². The summed E-state index contributed by atoms with van der Waals surface area (Å²) in [6.07, 6.45) is 0.905. The smallest absolute Gasteiger partial charge is 0.225 e. The number of halogens is 2. The van der Waals surface area contributed by atoms with Crippen molar-refractivity contribution in [1.82, 2.24) is 15.5 Å². The second-order valence-corrected chi connectivity index (χ2v) is 6.85. The fourth-order valence-corrected chi connectivity index (χ4v) is 2.86. The van der Waals surface area contributed by atoms with Gasteiger partial charge in [-0.3, -0.25) is 4.79 Å². The molecule has 1 aliphatic heterocycles. The molecule has 1 fully saturated rings. The lowest BCUT2D eigenvalue weighted by Gasteiger charge is -2.20. The van der Waals surface area contributed by atoms with E-state index >= 15 is 0 Å². The molecule has 1 unspecified atom stereocenters. The summed E-state index contributed by atoms with van der Waals surface area (Å²) >= 11 is 0.